The van der Waals surface area contributed by atoms with Crippen LogP contribution in [0.5, 0.6) is 23.0 Å². The lowest BCUT2D eigenvalue weighted by atomic mass is 10.2. The lowest BCUT2D eigenvalue weighted by Gasteiger charge is -2.10. The highest BCUT2D eigenvalue weighted by atomic mass is 35.5. The van der Waals surface area contributed by atoms with Crippen LogP contribution < -0.4 is 9.47 Å². The zero-order valence-corrected chi connectivity index (χ0v) is 19.7. The fourth-order valence-electron chi connectivity index (χ4n) is 3.20. The molecule has 0 saturated carbocycles. The number of carbonyl (C=O) groups excluding carboxylic acids is 1. The van der Waals surface area contributed by atoms with E-state index < -0.39 is 15.8 Å². The molecule has 0 aliphatic rings. The Morgan fingerprint density at radius 2 is 1.41 bits per heavy atom. The van der Waals surface area contributed by atoms with Crippen molar-refractivity contribution in [1.29, 1.82) is 0 Å². The number of hydrogen-bond donors (Lipinski definition) is 0. The second-order valence-electron chi connectivity index (χ2n) is 7.55. The van der Waals surface area contributed by atoms with Gasteiger partial charge in [-0.05, 0) is 54.1 Å². The quantitative estimate of drug-likeness (QED) is 0.130. The van der Waals surface area contributed by atoms with E-state index in [1.54, 1.807) is 30.3 Å². The van der Waals surface area contributed by atoms with Gasteiger partial charge >= 0.3 is 11.7 Å². The summed E-state index contributed by atoms with van der Waals surface area (Å²) < 4.78 is 16.6. The highest BCUT2D eigenvalue weighted by Crippen LogP contribution is 2.38. The van der Waals surface area contributed by atoms with Gasteiger partial charge in [-0.2, -0.15) is 0 Å². The highest BCUT2D eigenvalue weighted by molar-refractivity contribution is 6.32. The van der Waals surface area contributed by atoms with Crippen LogP contribution in [0, 0.1) is 20.2 Å². The number of ether oxygens (including phenoxy) is 3. The van der Waals surface area contributed by atoms with Crippen molar-refractivity contribution in [1.82, 2.24) is 0 Å². The molecule has 4 aromatic carbocycles. The Morgan fingerprint density at radius 3 is 2.05 bits per heavy atom. The van der Waals surface area contributed by atoms with Crippen molar-refractivity contribution >= 4 is 28.9 Å². The topological polar surface area (TPSA) is 131 Å². The summed E-state index contributed by atoms with van der Waals surface area (Å²) in [5.41, 5.74) is 0.544. The van der Waals surface area contributed by atoms with Crippen LogP contribution in [0.4, 0.5) is 11.4 Å². The molecular formula is C26H17ClN2O8. The number of nitro groups is 2. The molecule has 4 rings (SSSR count). The van der Waals surface area contributed by atoms with Gasteiger partial charge in [-0.3, -0.25) is 20.2 Å². The average molecular weight is 521 g/mol. The predicted octanol–water partition coefficient (Wildman–Crippen LogP) is 7.10. The minimum atomic E-state index is -0.620. The molecule has 0 bridgehead atoms. The second kappa shape index (κ2) is 11.2. The van der Waals surface area contributed by atoms with E-state index in [4.69, 9.17) is 25.8 Å². The molecule has 0 aliphatic carbocycles. The van der Waals surface area contributed by atoms with E-state index in [-0.39, 0.29) is 40.1 Å². The molecule has 37 heavy (non-hydrogen) atoms. The molecule has 11 heteroatoms. The summed E-state index contributed by atoms with van der Waals surface area (Å²) in [6, 6.07) is 22.6. The van der Waals surface area contributed by atoms with E-state index in [0.29, 0.717) is 17.1 Å². The number of carbonyl (C=O) groups is 1. The van der Waals surface area contributed by atoms with Crippen molar-refractivity contribution < 1.29 is 28.9 Å². The molecule has 0 unspecified atom stereocenters. The van der Waals surface area contributed by atoms with Crippen LogP contribution in [-0.2, 0) is 11.3 Å². The summed E-state index contributed by atoms with van der Waals surface area (Å²) in [4.78, 5) is 33.5. The number of benzene rings is 4. The zero-order valence-electron chi connectivity index (χ0n) is 18.9. The largest absolute Gasteiger partial charge is 0.457 e. The molecule has 186 valence electrons. The predicted molar refractivity (Wildman–Crippen MR) is 133 cm³/mol. The molecule has 0 aromatic heterocycles. The third-order valence-corrected chi connectivity index (χ3v) is 5.31. The fraction of sp³-hybridized carbons (Fsp3) is 0.0385. The lowest BCUT2D eigenvalue weighted by molar-refractivity contribution is -0.385. The van der Waals surface area contributed by atoms with Crippen LogP contribution in [-0.4, -0.2) is 15.8 Å². The summed E-state index contributed by atoms with van der Waals surface area (Å²) in [6.07, 6.45) is 0. The van der Waals surface area contributed by atoms with Crippen LogP contribution in [0.25, 0.3) is 0 Å². The molecule has 4 aromatic rings. The van der Waals surface area contributed by atoms with Gasteiger partial charge in [0.15, 0.2) is 0 Å². The van der Waals surface area contributed by atoms with Crippen LogP contribution in [0.15, 0.2) is 91.0 Å². The first kappa shape index (κ1) is 25.1. The number of nitrogens with zero attached hydrogens (tertiary/aromatic N) is 2. The van der Waals surface area contributed by atoms with Crippen molar-refractivity contribution in [2.45, 2.75) is 6.61 Å². The van der Waals surface area contributed by atoms with Gasteiger partial charge < -0.3 is 14.2 Å². The third-order valence-electron chi connectivity index (χ3n) is 5.01. The van der Waals surface area contributed by atoms with Crippen LogP contribution in [0.1, 0.15) is 15.9 Å². The van der Waals surface area contributed by atoms with Crippen molar-refractivity contribution in [3.05, 3.63) is 127 Å². The maximum atomic E-state index is 12.6. The second-order valence-corrected chi connectivity index (χ2v) is 7.96. The lowest BCUT2D eigenvalue weighted by Crippen LogP contribution is -2.05. The zero-order chi connectivity index (χ0) is 26.4. The Labute approximate surface area is 214 Å². The molecule has 0 amide bonds. The third kappa shape index (κ3) is 6.38. The first-order valence-electron chi connectivity index (χ1n) is 10.7. The molecule has 0 radical (unpaired) electrons. The van der Waals surface area contributed by atoms with Gasteiger partial charge in [-0.1, -0.05) is 35.9 Å². The summed E-state index contributed by atoms with van der Waals surface area (Å²) in [6.45, 7) is -0.0162. The van der Waals surface area contributed by atoms with E-state index in [1.807, 2.05) is 0 Å². The van der Waals surface area contributed by atoms with E-state index >= 15 is 0 Å². The van der Waals surface area contributed by atoms with E-state index in [2.05, 4.69) is 0 Å². The molecule has 0 saturated heterocycles. The SMILES string of the molecule is O=C(OCc1ccc(Oc2ccc([N+](=O)[O-])cc2)cc1)c1cccc(Oc2c(Cl)cccc2[N+](=O)[O-])c1. The fourth-order valence-corrected chi connectivity index (χ4v) is 3.41. The monoisotopic (exact) mass is 520 g/mol. The van der Waals surface area contributed by atoms with Crippen LogP contribution in [0.3, 0.4) is 0 Å². The first-order valence-corrected chi connectivity index (χ1v) is 11.1. The Kier molecular flexibility index (Phi) is 7.60. The van der Waals surface area contributed by atoms with Crippen LogP contribution >= 0.6 is 11.6 Å². The number of halogens is 1. The normalized spacial score (nSPS) is 10.4. The van der Waals surface area contributed by atoms with Gasteiger partial charge in [0.1, 0.15) is 23.9 Å². The maximum absolute atomic E-state index is 12.6. The summed E-state index contributed by atoms with van der Waals surface area (Å²) in [5, 5.41) is 22.1. The molecular weight excluding hydrogens is 504 g/mol. The van der Waals surface area contributed by atoms with Crippen molar-refractivity contribution in [2.75, 3.05) is 0 Å². The molecule has 0 spiro atoms. The average Bonchev–Trinajstić information content (AvgIpc) is 2.89. The van der Waals surface area contributed by atoms with Gasteiger partial charge in [0.25, 0.3) is 5.69 Å². The van der Waals surface area contributed by atoms with E-state index in [0.717, 1.165) is 0 Å². The van der Waals surface area contributed by atoms with Crippen molar-refractivity contribution in [3.8, 4) is 23.0 Å². The molecule has 0 atom stereocenters. The Balaban J connectivity index is 1.37. The standard InChI is InChI=1S/C26H17ClN2O8/c27-23-5-2-6-24(29(33)34)25(23)37-22-4-1-3-18(15-22)26(30)35-16-17-7-11-20(12-8-17)36-21-13-9-19(10-14-21)28(31)32/h1-15H,16H2. The Bertz CT molecular complexity index is 1460. The molecule has 0 aliphatic heterocycles. The molecule has 0 heterocycles. The van der Waals surface area contributed by atoms with Gasteiger partial charge in [0, 0.05) is 18.2 Å². The number of non-ortho nitro benzene ring substituents is 1. The summed E-state index contributed by atoms with van der Waals surface area (Å²) in [7, 11) is 0. The molecule has 0 N–H and O–H groups in total. The number of para-hydroxylation sites is 1. The summed E-state index contributed by atoms with van der Waals surface area (Å²) in [5.74, 6) is 0.371. The minimum absolute atomic E-state index is 0.0162. The summed E-state index contributed by atoms with van der Waals surface area (Å²) >= 11 is 6.06. The molecule has 0 fully saturated rings. The van der Waals surface area contributed by atoms with Crippen LogP contribution in [0.2, 0.25) is 5.02 Å². The van der Waals surface area contributed by atoms with E-state index in [9.17, 15) is 25.0 Å². The van der Waals surface area contributed by atoms with Gasteiger partial charge in [0.2, 0.25) is 5.75 Å². The first-order chi connectivity index (χ1) is 17.8. The number of hydrogen-bond acceptors (Lipinski definition) is 8. The Hall–Kier alpha value is -4.96. The van der Waals surface area contributed by atoms with Crippen molar-refractivity contribution in [2.24, 2.45) is 0 Å². The number of esters is 1. The molecule has 10 nitrogen and oxygen atoms in total. The maximum Gasteiger partial charge on any atom is 0.338 e. The Morgan fingerprint density at radius 1 is 0.757 bits per heavy atom. The van der Waals surface area contributed by atoms with Gasteiger partial charge in [0.05, 0.1) is 20.4 Å². The minimum Gasteiger partial charge on any atom is -0.457 e. The number of nitro benzene ring substituents is 2. The number of rotatable bonds is 9. The van der Waals surface area contributed by atoms with E-state index in [1.165, 1.54) is 60.7 Å². The highest BCUT2D eigenvalue weighted by Gasteiger charge is 2.19. The van der Waals surface area contributed by atoms with Gasteiger partial charge in [-0.25, -0.2) is 4.79 Å². The van der Waals surface area contributed by atoms with Gasteiger partial charge in [-0.15, -0.1) is 0 Å². The van der Waals surface area contributed by atoms with Crippen molar-refractivity contribution in [3.63, 3.8) is 0 Å². The smallest absolute Gasteiger partial charge is 0.338 e.